The quantitative estimate of drug-likeness (QED) is 0.842. The van der Waals surface area contributed by atoms with Gasteiger partial charge in [-0.1, -0.05) is 18.6 Å². The number of pyridine rings is 1. The van der Waals surface area contributed by atoms with Crippen molar-refractivity contribution >= 4 is 5.91 Å². The fourth-order valence-electron chi connectivity index (χ4n) is 3.85. The van der Waals surface area contributed by atoms with Crippen LogP contribution in [-0.2, 0) is 0 Å². The van der Waals surface area contributed by atoms with Crippen LogP contribution in [0.25, 0.3) is 11.3 Å². The molecule has 1 aromatic heterocycles. The molecule has 2 aliphatic rings. The highest BCUT2D eigenvalue weighted by atomic mass is 16.2. The fourth-order valence-corrected chi connectivity index (χ4v) is 3.85. The summed E-state index contributed by atoms with van der Waals surface area (Å²) in [5, 5.41) is 8.87. The molecule has 0 spiro atoms. The van der Waals surface area contributed by atoms with Crippen molar-refractivity contribution in [3.8, 4) is 17.3 Å². The van der Waals surface area contributed by atoms with Crippen molar-refractivity contribution in [2.45, 2.75) is 31.7 Å². The topological polar surface area (TPSA) is 60.2 Å². The molecule has 1 amide bonds. The maximum Gasteiger partial charge on any atom is 0.253 e. The Labute approximate surface area is 160 Å². The Balaban J connectivity index is 1.41. The molecule has 4 rings (SSSR count). The molecule has 0 atom stereocenters. The number of rotatable bonds is 3. The summed E-state index contributed by atoms with van der Waals surface area (Å²) in [6.45, 7) is 3.75. The number of amides is 1. The molecule has 5 heteroatoms. The van der Waals surface area contributed by atoms with E-state index in [2.05, 4.69) is 16.0 Å². The first-order valence-electron chi connectivity index (χ1n) is 9.74. The summed E-state index contributed by atoms with van der Waals surface area (Å²) in [7, 11) is 0. The first-order valence-corrected chi connectivity index (χ1v) is 9.74. The average Bonchev–Trinajstić information content (AvgIpc) is 2.92. The lowest BCUT2D eigenvalue weighted by molar-refractivity contribution is 0.0749. The Morgan fingerprint density at radius 2 is 1.81 bits per heavy atom. The van der Waals surface area contributed by atoms with Gasteiger partial charge in [0.05, 0.1) is 11.3 Å². The summed E-state index contributed by atoms with van der Waals surface area (Å²) in [6, 6.07) is 14.0. The van der Waals surface area contributed by atoms with Crippen LogP contribution in [-0.4, -0.2) is 52.9 Å². The molecule has 138 valence electrons. The summed E-state index contributed by atoms with van der Waals surface area (Å²) in [6.07, 6.45) is 6.61. The zero-order chi connectivity index (χ0) is 18.6. The summed E-state index contributed by atoms with van der Waals surface area (Å²) in [5.74, 6) is 0.116. The van der Waals surface area contributed by atoms with E-state index in [4.69, 9.17) is 5.26 Å². The third-order valence-corrected chi connectivity index (χ3v) is 5.73. The second kappa shape index (κ2) is 7.89. The molecule has 5 nitrogen and oxygen atoms in total. The normalized spacial score (nSPS) is 18.4. The molecular formula is C22H24N4O. The SMILES string of the molecule is N#Cc1ccc(-c2ccc(C(=O)N3CCCN(C4CCC4)CC3)cc2)nc1. The minimum Gasteiger partial charge on any atom is -0.337 e. The molecule has 1 aromatic carbocycles. The van der Waals surface area contributed by atoms with Crippen molar-refractivity contribution in [2.24, 2.45) is 0 Å². The van der Waals surface area contributed by atoms with E-state index in [9.17, 15) is 4.79 Å². The van der Waals surface area contributed by atoms with E-state index in [1.54, 1.807) is 12.3 Å². The van der Waals surface area contributed by atoms with Gasteiger partial charge >= 0.3 is 0 Å². The van der Waals surface area contributed by atoms with E-state index in [1.165, 1.54) is 19.3 Å². The van der Waals surface area contributed by atoms with Crippen molar-refractivity contribution in [3.05, 3.63) is 53.7 Å². The third-order valence-electron chi connectivity index (χ3n) is 5.73. The summed E-state index contributed by atoms with van der Waals surface area (Å²) >= 11 is 0. The van der Waals surface area contributed by atoms with Crippen LogP contribution in [0.5, 0.6) is 0 Å². The van der Waals surface area contributed by atoms with Gasteiger partial charge < -0.3 is 4.90 Å². The van der Waals surface area contributed by atoms with Gasteiger partial charge in [-0.15, -0.1) is 0 Å². The zero-order valence-electron chi connectivity index (χ0n) is 15.5. The first-order chi connectivity index (χ1) is 13.2. The molecule has 1 saturated carbocycles. The molecule has 27 heavy (non-hydrogen) atoms. The minimum atomic E-state index is 0.116. The number of carbonyl (C=O) groups excluding carboxylic acids is 1. The van der Waals surface area contributed by atoms with Crippen LogP contribution >= 0.6 is 0 Å². The fraction of sp³-hybridized carbons (Fsp3) is 0.409. The number of benzene rings is 1. The van der Waals surface area contributed by atoms with Gasteiger partial charge in [0.1, 0.15) is 6.07 Å². The Kier molecular flexibility index (Phi) is 5.17. The lowest BCUT2D eigenvalue weighted by atomic mass is 9.91. The van der Waals surface area contributed by atoms with E-state index < -0.39 is 0 Å². The Morgan fingerprint density at radius 3 is 2.44 bits per heavy atom. The Morgan fingerprint density at radius 1 is 1.00 bits per heavy atom. The van der Waals surface area contributed by atoms with Crippen LogP contribution < -0.4 is 0 Å². The standard InChI is InChI=1S/C22H24N4O/c23-15-17-5-10-21(24-16-17)18-6-8-19(9-7-18)22(27)26-12-2-11-25(13-14-26)20-3-1-4-20/h5-10,16,20H,1-4,11-14H2. The van der Waals surface area contributed by atoms with Crippen LogP contribution in [0.3, 0.4) is 0 Å². The van der Waals surface area contributed by atoms with E-state index in [0.29, 0.717) is 5.56 Å². The molecule has 0 bridgehead atoms. The second-order valence-corrected chi connectivity index (χ2v) is 7.39. The van der Waals surface area contributed by atoms with Gasteiger partial charge in [-0.3, -0.25) is 14.7 Å². The maximum atomic E-state index is 12.9. The van der Waals surface area contributed by atoms with Gasteiger partial charge in [0.25, 0.3) is 5.91 Å². The summed E-state index contributed by atoms with van der Waals surface area (Å²) < 4.78 is 0. The molecule has 0 radical (unpaired) electrons. The summed E-state index contributed by atoms with van der Waals surface area (Å²) in [4.78, 5) is 21.8. The predicted molar refractivity (Wildman–Crippen MR) is 104 cm³/mol. The van der Waals surface area contributed by atoms with Crippen LogP contribution in [0.15, 0.2) is 42.6 Å². The molecule has 2 heterocycles. The van der Waals surface area contributed by atoms with Crippen molar-refractivity contribution in [1.82, 2.24) is 14.8 Å². The van der Waals surface area contributed by atoms with Gasteiger partial charge in [-0.2, -0.15) is 5.26 Å². The van der Waals surface area contributed by atoms with Crippen LogP contribution in [0.2, 0.25) is 0 Å². The van der Waals surface area contributed by atoms with Crippen LogP contribution in [0.1, 0.15) is 41.6 Å². The second-order valence-electron chi connectivity index (χ2n) is 7.39. The largest absolute Gasteiger partial charge is 0.337 e. The molecule has 2 aromatic rings. The molecule has 1 aliphatic carbocycles. The van der Waals surface area contributed by atoms with E-state index in [-0.39, 0.29) is 5.91 Å². The van der Waals surface area contributed by atoms with E-state index in [1.807, 2.05) is 35.2 Å². The molecule has 1 aliphatic heterocycles. The highest BCUT2D eigenvalue weighted by molar-refractivity contribution is 5.94. The lowest BCUT2D eigenvalue weighted by Gasteiger charge is -2.36. The molecule has 0 unspecified atom stereocenters. The van der Waals surface area contributed by atoms with Gasteiger partial charge in [0.15, 0.2) is 0 Å². The van der Waals surface area contributed by atoms with Gasteiger partial charge in [0, 0.05) is 49.5 Å². The highest BCUT2D eigenvalue weighted by Crippen LogP contribution is 2.26. The van der Waals surface area contributed by atoms with E-state index in [0.717, 1.165) is 55.5 Å². The number of hydrogen-bond acceptors (Lipinski definition) is 4. The number of nitrogens with zero attached hydrogens (tertiary/aromatic N) is 4. The smallest absolute Gasteiger partial charge is 0.253 e. The summed E-state index contributed by atoms with van der Waals surface area (Å²) in [5.41, 5.74) is 3.02. The first kappa shape index (κ1) is 17.7. The van der Waals surface area contributed by atoms with Gasteiger partial charge in [0.2, 0.25) is 0 Å². The predicted octanol–water partition coefficient (Wildman–Crippen LogP) is 3.32. The molecular weight excluding hydrogens is 336 g/mol. The van der Waals surface area contributed by atoms with Crippen molar-refractivity contribution < 1.29 is 4.79 Å². The van der Waals surface area contributed by atoms with Crippen molar-refractivity contribution in [2.75, 3.05) is 26.2 Å². The lowest BCUT2D eigenvalue weighted by Crippen LogP contribution is -2.42. The number of nitriles is 1. The minimum absolute atomic E-state index is 0.116. The van der Waals surface area contributed by atoms with Gasteiger partial charge in [-0.05, 0) is 43.5 Å². The highest BCUT2D eigenvalue weighted by Gasteiger charge is 2.27. The zero-order valence-corrected chi connectivity index (χ0v) is 15.5. The third kappa shape index (κ3) is 3.86. The Hall–Kier alpha value is -2.71. The average molecular weight is 360 g/mol. The van der Waals surface area contributed by atoms with Gasteiger partial charge in [-0.25, -0.2) is 0 Å². The number of aromatic nitrogens is 1. The van der Waals surface area contributed by atoms with E-state index >= 15 is 0 Å². The van der Waals surface area contributed by atoms with Crippen molar-refractivity contribution in [1.29, 1.82) is 5.26 Å². The maximum absolute atomic E-state index is 12.9. The number of hydrogen-bond donors (Lipinski definition) is 0. The monoisotopic (exact) mass is 360 g/mol. The molecule has 0 N–H and O–H groups in total. The number of carbonyl (C=O) groups is 1. The van der Waals surface area contributed by atoms with Crippen molar-refractivity contribution in [3.63, 3.8) is 0 Å². The van der Waals surface area contributed by atoms with Crippen LogP contribution in [0.4, 0.5) is 0 Å². The Bertz CT molecular complexity index is 834. The molecule has 1 saturated heterocycles. The van der Waals surface area contributed by atoms with Crippen LogP contribution in [0, 0.1) is 11.3 Å². The molecule has 2 fully saturated rings.